The number of rotatable bonds is 8. The van der Waals surface area contributed by atoms with Crippen LogP contribution in [0, 0.1) is 30.2 Å². The van der Waals surface area contributed by atoms with E-state index in [1.807, 2.05) is 11.8 Å². The summed E-state index contributed by atoms with van der Waals surface area (Å²) in [6.45, 7) is 6.36. The van der Waals surface area contributed by atoms with E-state index in [-0.39, 0.29) is 24.6 Å². The number of carbonyl (C=O) groups excluding carboxylic acids is 2. The first-order chi connectivity index (χ1) is 22.5. The number of hydrogen-bond donors (Lipinski definition) is 1. The summed E-state index contributed by atoms with van der Waals surface area (Å²) in [5.41, 5.74) is 3.31. The number of nitrogens with zero attached hydrogens (tertiary/aromatic N) is 4. The molecule has 0 bridgehead atoms. The Bertz CT molecular complexity index is 1840. The molecule has 0 saturated carbocycles. The van der Waals surface area contributed by atoms with Gasteiger partial charge in [0.25, 0.3) is 0 Å². The van der Waals surface area contributed by atoms with Crippen molar-refractivity contribution in [2.45, 2.75) is 26.5 Å². The number of amides is 2. The number of nitrogens with one attached hydrogen (secondary N) is 1. The van der Waals surface area contributed by atoms with Crippen LogP contribution in [0.4, 0.5) is 33.7 Å². The van der Waals surface area contributed by atoms with E-state index in [1.54, 1.807) is 28.8 Å². The highest BCUT2D eigenvalue weighted by molar-refractivity contribution is 9.10. The smallest absolute Gasteiger partial charge is 0.414 e. The molecule has 3 aromatic carbocycles. The fraction of sp³-hybridized carbons (Fsp3) is 0.294. The number of benzene rings is 3. The lowest BCUT2D eigenvalue weighted by atomic mass is 10.1. The van der Waals surface area contributed by atoms with Crippen LogP contribution < -0.4 is 15.1 Å². The van der Waals surface area contributed by atoms with Crippen LogP contribution in [0.3, 0.4) is 0 Å². The largest absolute Gasteiger partial charge is 0.442 e. The van der Waals surface area contributed by atoms with Crippen molar-refractivity contribution in [3.63, 3.8) is 0 Å². The first-order valence-corrected chi connectivity index (χ1v) is 15.9. The number of ether oxygens (including phenoxy) is 1. The van der Waals surface area contributed by atoms with Gasteiger partial charge in [-0.25, -0.2) is 22.4 Å². The van der Waals surface area contributed by atoms with Crippen molar-refractivity contribution in [2.75, 3.05) is 49.1 Å². The third kappa shape index (κ3) is 6.86. The molecule has 0 radical (unpaired) electrons. The van der Waals surface area contributed by atoms with Crippen LogP contribution >= 0.6 is 15.9 Å². The molecule has 0 unspecified atom stereocenters. The third-order valence-electron chi connectivity index (χ3n) is 8.51. The van der Waals surface area contributed by atoms with E-state index < -0.39 is 35.5 Å². The zero-order chi connectivity index (χ0) is 33.4. The number of aromatic nitrogens is 1. The molecule has 8 nitrogen and oxygen atoms in total. The number of halogens is 5. The van der Waals surface area contributed by atoms with Gasteiger partial charge >= 0.3 is 6.09 Å². The normalized spacial score (nSPS) is 16.9. The minimum atomic E-state index is -0.600. The predicted molar refractivity (Wildman–Crippen MR) is 174 cm³/mol. The van der Waals surface area contributed by atoms with Crippen LogP contribution in [-0.4, -0.2) is 66.8 Å². The Hall–Kier alpha value is -4.36. The fourth-order valence-electron chi connectivity index (χ4n) is 6.08. The van der Waals surface area contributed by atoms with E-state index in [9.17, 15) is 18.4 Å². The van der Waals surface area contributed by atoms with Gasteiger partial charge in [0, 0.05) is 55.4 Å². The van der Waals surface area contributed by atoms with Crippen molar-refractivity contribution < 1.29 is 31.9 Å². The Morgan fingerprint density at radius 1 is 0.915 bits per heavy atom. The van der Waals surface area contributed by atoms with Crippen LogP contribution in [0.1, 0.15) is 18.2 Å². The molecule has 0 spiro atoms. The minimum absolute atomic E-state index is 0.0599. The summed E-state index contributed by atoms with van der Waals surface area (Å²) in [6, 6.07) is 13.9. The molecule has 3 heterocycles. The van der Waals surface area contributed by atoms with Crippen molar-refractivity contribution in [1.29, 1.82) is 0 Å². The molecule has 13 heteroatoms. The van der Waals surface area contributed by atoms with Gasteiger partial charge in [-0.05, 0) is 89.1 Å². The maximum atomic E-state index is 15.4. The highest BCUT2D eigenvalue weighted by atomic mass is 79.9. The Kier molecular flexibility index (Phi) is 9.29. The van der Waals surface area contributed by atoms with E-state index in [0.29, 0.717) is 60.0 Å². The van der Waals surface area contributed by atoms with Crippen LogP contribution in [0.5, 0.6) is 0 Å². The highest BCUT2D eigenvalue weighted by Gasteiger charge is 2.33. The summed E-state index contributed by atoms with van der Waals surface area (Å²) >= 11 is 3.48. The Morgan fingerprint density at radius 3 is 2.36 bits per heavy atom. The average Bonchev–Trinajstić information content (AvgIpc) is 3.57. The van der Waals surface area contributed by atoms with Crippen molar-refractivity contribution in [3.8, 4) is 16.9 Å². The summed E-state index contributed by atoms with van der Waals surface area (Å²) in [5, 5.41) is 2.62. The van der Waals surface area contributed by atoms with E-state index in [4.69, 9.17) is 4.74 Å². The molecular weight excluding hydrogens is 682 g/mol. The van der Waals surface area contributed by atoms with Gasteiger partial charge in [-0.3, -0.25) is 14.6 Å². The van der Waals surface area contributed by atoms with Crippen LogP contribution in [0.2, 0.25) is 0 Å². The Balaban J connectivity index is 1.17. The van der Waals surface area contributed by atoms with Gasteiger partial charge in [-0.15, -0.1) is 0 Å². The zero-order valence-electron chi connectivity index (χ0n) is 25.7. The SMILES string of the molecule is CC(=O)NC[C@H]1CN(c2ccc(N3CCN(Cc4cc(-c5cc(F)ccc5F)n(-c5cc(F)ccc5Br)c4C)CC3)c(F)c2)C(=O)O1. The lowest BCUT2D eigenvalue weighted by Crippen LogP contribution is -2.46. The molecule has 1 N–H and O–H groups in total. The van der Waals surface area contributed by atoms with Crippen molar-refractivity contribution in [1.82, 2.24) is 14.8 Å². The Morgan fingerprint density at radius 2 is 1.64 bits per heavy atom. The molecule has 1 atom stereocenters. The quantitative estimate of drug-likeness (QED) is 0.210. The number of carbonyl (C=O) groups is 2. The first-order valence-electron chi connectivity index (χ1n) is 15.1. The summed E-state index contributed by atoms with van der Waals surface area (Å²) in [5.74, 6) is -2.35. The maximum Gasteiger partial charge on any atom is 0.414 e. The monoisotopic (exact) mass is 713 g/mol. The summed E-state index contributed by atoms with van der Waals surface area (Å²) < 4.78 is 66.6. The topological polar surface area (TPSA) is 70.1 Å². The number of piperazine rings is 1. The van der Waals surface area contributed by atoms with E-state index in [0.717, 1.165) is 29.5 Å². The molecule has 2 saturated heterocycles. The molecule has 0 aliphatic carbocycles. The second-order valence-corrected chi connectivity index (χ2v) is 12.5. The summed E-state index contributed by atoms with van der Waals surface area (Å²) in [6.07, 6.45) is -1.12. The zero-order valence-corrected chi connectivity index (χ0v) is 27.3. The lowest BCUT2D eigenvalue weighted by molar-refractivity contribution is -0.119. The average molecular weight is 715 g/mol. The van der Waals surface area contributed by atoms with E-state index in [2.05, 4.69) is 26.1 Å². The summed E-state index contributed by atoms with van der Waals surface area (Å²) in [4.78, 5) is 29.1. The second-order valence-electron chi connectivity index (χ2n) is 11.6. The molecule has 246 valence electrons. The van der Waals surface area contributed by atoms with Gasteiger partial charge in [0.1, 0.15) is 29.4 Å². The van der Waals surface area contributed by atoms with Crippen LogP contribution in [-0.2, 0) is 16.1 Å². The lowest BCUT2D eigenvalue weighted by Gasteiger charge is -2.36. The third-order valence-corrected chi connectivity index (χ3v) is 9.18. The minimum Gasteiger partial charge on any atom is -0.442 e. The number of hydrogen-bond acceptors (Lipinski definition) is 5. The van der Waals surface area contributed by atoms with Gasteiger partial charge < -0.3 is 19.5 Å². The molecule has 4 aromatic rings. The molecule has 1 aromatic heterocycles. The summed E-state index contributed by atoms with van der Waals surface area (Å²) in [7, 11) is 0. The first kappa shape index (κ1) is 32.6. The molecule has 6 rings (SSSR count). The molecule has 2 aliphatic rings. The number of anilines is 2. The van der Waals surface area contributed by atoms with Gasteiger partial charge in [-0.1, -0.05) is 0 Å². The standard InChI is InChI=1S/C34H32BrF4N5O3/c1-20-22(13-32(27-14-23(36)4-7-29(27)38)44(20)33-15-24(37)3-6-28(33)35)18-41-9-11-42(12-10-41)31-8-5-25(16-30(31)39)43-19-26(47-34(43)46)17-40-21(2)45/h3-8,13-16,26H,9-12,17-19H2,1-2H3,(H,40,45)/t26-/m0/s1. The molecule has 47 heavy (non-hydrogen) atoms. The van der Waals surface area contributed by atoms with Crippen LogP contribution in [0.15, 0.2) is 65.1 Å². The van der Waals surface area contributed by atoms with Crippen molar-refractivity contribution in [3.05, 3.63) is 99.7 Å². The van der Waals surface area contributed by atoms with Gasteiger partial charge in [0.2, 0.25) is 5.91 Å². The molecular formula is C34H32BrF4N5O3. The predicted octanol–water partition coefficient (Wildman–Crippen LogP) is 6.56. The van der Waals surface area contributed by atoms with Gasteiger partial charge in [0.05, 0.1) is 35.8 Å². The molecule has 2 amide bonds. The van der Waals surface area contributed by atoms with Gasteiger partial charge in [0.15, 0.2) is 0 Å². The van der Waals surface area contributed by atoms with Crippen molar-refractivity contribution in [2.24, 2.45) is 0 Å². The molecule has 2 aliphatic heterocycles. The second kappa shape index (κ2) is 13.4. The molecule has 2 fully saturated rings. The maximum absolute atomic E-state index is 15.4. The van der Waals surface area contributed by atoms with E-state index >= 15 is 8.78 Å². The highest BCUT2D eigenvalue weighted by Crippen LogP contribution is 2.36. The van der Waals surface area contributed by atoms with E-state index in [1.165, 1.54) is 30.0 Å². The Labute approximate surface area is 277 Å². The number of cyclic esters (lactones) is 1. The fourth-order valence-corrected chi connectivity index (χ4v) is 6.51. The van der Waals surface area contributed by atoms with Crippen LogP contribution in [0.25, 0.3) is 16.9 Å². The van der Waals surface area contributed by atoms with Gasteiger partial charge in [-0.2, -0.15) is 0 Å². The van der Waals surface area contributed by atoms with Crippen molar-refractivity contribution >= 4 is 39.3 Å².